The number of nitrogens with zero attached hydrogens (tertiary/aromatic N) is 3. The molecule has 1 aliphatic rings. The number of carboxylic acids is 1. The predicted octanol–water partition coefficient (Wildman–Crippen LogP) is 1.35. The zero-order chi connectivity index (χ0) is 13.8. The monoisotopic (exact) mass is 265 g/mol. The second-order valence-electron chi connectivity index (χ2n) is 4.91. The van der Waals surface area contributed by atoms with Gasteiger partial charge in [0.15, 0.2) is 0 Å². The molecule has 19 heavy (non-hydrogen) atoms. The summed E-state index contributed by atoms with van der Waals surface area (Å²) in [5.41, 5.74) is 0.652. The van der Waals surface area contributed by atoms with Crippen molar-refractivity contribution >= 4 is 11.9 Å². The molecule has 1 N–H and O–H groups in total. The van der Waals surface area contributed by atoms with Gasteiger partial charge in [-0.05, 0) is 25.7 Å². The molecule has 0 unspecified atom stereocenters. The van der Waals surface area contributed by atoms with Gasteiger partial charge in [0.2, 0.25) is 5.95 Å². The smallest absolute Gasteiger partial charge is 0.339 e. The minimum absolute atomic E-state index is 0.156. The van der Waals surface area contributed by atoms with Gasteiger partial charge in [-0.3, -0.25) is 0 Å². The summed E-state index contributed by atoms with van der Waals surface area (Å²) >= 11 is 0. The van der Waals surface area contributed by atoms with E-state index in [4.69, 9.17) is 9.84 Å². The number of anilines is 1. The molecule has 0 spiro atoms. The number of carbonyl (C=O) groups is 1. The van der Waals surface area contributed by atoms with Gasteiger partial charge in [0.05, 0.1) is 11.3 Å². The van der Waals surface area contributed by atoms with Crippen LogP contribution in [0.1, 0.15) is 28.9 Å². The summed E-state index contributed by atoms with van der Waals surface area (Å²) in [6.45, 7) is 4.19. The van der Waals surface area contributed by atoms with E-state index in [2.05, 4.69) is 9.97 Å². The van der Waals surface area contributed by atoms with Crippen molar-refractivity contribution in [3.05, 3.63) is 17.5 Å². The Hall–Kier alpha value is -1.69. The molecule has 2 rings (SSSR count). The van der Waals surface area contributed by atoms with Crippen molar-refractivity contribution in [2.75, 3.05) is 31.7 Å². The quantitative estimate of drug-likeness (QED) is 0.885. The van der Waals surface area contributed by atoms with E-state index in [0.717, 1.165) is 32.6 Å². The lowest BCUT2D eigenvalue weighted by Gasteiger charge is -2.27. The summed E-state index contributed by atoms with van der Waals surface area (Å²) in [5, 5.41) is 8.95. The molecule has 0 aliphatic carbocycles. The Bertz CT molecular complexity index is 458. The molecule has 0 amide bonds. The van der Waals surface area contributed by atoms with Crippen LogP contribution in [-0.4, -0.2) is 47.8 Å². The van der Waals surface area contributed by atoms with Gasteiger partial charge < -0.3 is 14.7 Å². The minimum Gasteiger partial charge on any atom is -0.478 e. The molecule has 0 radical (unpaired) electrons. The summed E-state index contributed by atoms with van der Waals surface area (Å²) in [5.74, 6) is 0.173. The van der Waals surface area contributed by atoms with Crippen LogP contribution in [0.5, 0.6) is 0 Å². The fraction of sp³-hybridized carbons (Fsp3) is 0.615. The number of aromatic carboxylic acids is 1. The second-order valence-corrected chi connectivity index (χ2v) is 4.91. The minimum atomic E-state index is -0.990. The SMILES string of the molecule is Cc1nc(N(C)CC2CCOCC2)ncc1C(=O)O. The number of carboxylic acid groups (broad SMARTS) is 1. The lowest BCUT2D eigenvalue weighted by Crippen LogP contribution is -2.30. The predicted molar refractivity (Wildman–Crippen MR) is 70.5 cm³/mol. The van der Waals surface area contributed by atoms with E-state index < -0.39 is 5.97 Å². The van der Waals surface area contributed by atoms with E-state index in [1.165, 1.54) is 6.20 Å². The molecule has 0 bridgehead atoms. The highest BCUT2D eigenvalue weighted by molar-refractivity contribution is 5.88. The van der Waals surface area contributed by atoms with E-state index in [9.17, 15) is 4.79 Å². The van der Waals surface area contributed by atoms with Crippen molar-refractivity contribution in [2.45, 2.75) is 19.8 Å². The fourth-order valence-corrected chi connectivity index (χ4v) is 2.25. The molecule has 1 aromatic heterocycles. The van der Waals surface area contributed by atoms with E-state index >= 15 is 0 Å². The molecule has 2 heterocycles. The van der Waals surface area contributed by atoms with Crippen molar-refractivity contribution in [1.29, 1.82) is 0 Å². The first kappa shape index (κ1) is 13.7. The van der Waals surface area contributed by atoms with Gasteiger partial charge in [-0.1, -0.05) is 0 Å². The largest absolute Gasteiger partial charge is 0.478 e. The molecule has 1 aliphatic heterocycles. The maximum atomic E-state index is 10.9. The third-order valence-corrected chi connectivity index (χ3v) is 3.41. The Morgan fingerprint density at radius 1 is 1.53 bits per heavy atom. The van der Waals surface area contributed by atoms with Crippen LogP contribution in [0.25, 0.3) is 0 Å². The van der Waals surface area contributed by atoms with Crippen LogP contribution in [0, 0.1) is 12.8 Å². The first-order valence-electron chi connectivity index (χ1n) is 6.43. The molecule has 6 nitrogen and oxygen atoms in total. The first-order valence-corrected chi connectivity index (χ1v) is 6.43. The van der Waals surface area contributed by atoms with Gasteiger partial charge in [-0.25, -0.2) is 14.8 Å². The van der Waals surface area contributed by atoms with Gasteiger partial charge in [-0.15, -0.1) is 0 Å². The average Bonchev–Trinajstić information content (AvgIpc) is 2.39. The number of aryl methyl sites for hydroxylation is 1. The van der Waals surface area contributed by atoms with Crippen LogP contribution >= 0.6 is 0 Å². The Kier molecular flexibility index (Phi) is 4.31. The number of aromatic nitrogens is 2. The second kappa shape index (κ2) is 5.97. The van der Waals surface area contributed by atoms with E-state index in [1.54, 1.807) is 6.92 Å². The van der Waals surface area contributed by atoms with E-state index in [-0.39, 0.29) is 5.56 Å². The van der Waals surface area contributed by atoms with E-state index in [0.29, 0.717) is 17.6 Å². The lowest BCUT2D eigenvalue weighted by molar-refractivity contribution is 0.0682. The molecular weight excluding hydrogens is 246 g/mol. The van der Waals surface area contributed by atoms with Crippen molar-refractivity contribution in [3.8, 4) is 0 Å². The number of hydrogen-bond donors (Lipinski definition) is 1. The normalized spacial score (nSPS) is 16.3. The van der Waals surface area contributed by atoms with Crippen LogP contribution in [0.15, 0.2) is 6.20 Å². The molecule has 1 saturated heterocycles. The maximum Gasteiger partial charge on any atom is 0.339 e. The van der Waals surface area contributed by atoms with Crippen LogP contribution < -0.4 is 4.90 Å². The van der Waals surface area contributed by atoms with Crippen LogP contribution in [0.3, 0.4) is 0 Å². The molecular formula is C13H19N3O3. The van der Waals surface area contributed by atoms with Gasteiger partial charge >= 0.3 is 5.97 Å². The number of hydrogen-bond acceptors (Lipinski definition) is 5. The van der Waals surface area contributed by atoms with Gasteiger partial charge in [-0.2, -0.15) is 0 Å². The highest BCUT2D eigenvalue weighted by Gasteiger charge is 2.18. The van der Waals surface area contributed by atoms with Crippen molar-refractivity contribution < 1.29 is 14.6 Å². The van der Waals surface area contributed by atoms with E-state index in [1.807, 2.05) is 11.9 Å². The molecule has 0 aromatic carbocycles. The van der Waals surface area contributed by atoms with Gasteiger partial charge in [0.25, 0.3) is 0 Å². The Morgan fingerprint density at radius 3 is 2.79 bits per heavy atom. The van der Waals surface area contributed by atoms with Crippen LogP contribution in [0.2, 0.25) is 0 Å². The lowest BCUT2D eigenvalue weighted by atomic mass is 10.00. The fourth-order valence-electron chi connectivity index (χ4n) is 2.25. The molecule has 1 fully saturated rings. The number of ether oxygens (including phenoxy) is 1. The Morgan fingerprint density at radius 2 is 2.21 bits per heavy atom. The summed E-state index contributed by atoms with van der Waals surface area (Å²) in [6.07, 6.45) is 3.48. The Balaban J connectivity index is 2.04. The van der Waals surface area contributed by atoms with Crippen molar-refractivity contribution in [2.24, 2.45) is 5.92 Å². The zero-order valence-corrected chi connectivity index (χ0v) is 11.3. The number of rotatable bonds is 4. The standard InChI is InChI=1S/C13H19N3O3/c1-9-11(12(17)18)7-14-13(15-9)16(2)8-10-3-5-19-6-4-10/h7,10H,3-6,8H2,1-2H3,(H,17,18). The Labute approximate surface area is 112 Å². The molecule has 104 valence electrons. The highest BCUT2D eigenvalue weighted by Crippen LogP contribution is 2.18. The summed E-state index contributed by atoms with van der Waals surface area (Å²) in [7, 11) is 1.94. The van der Waals surface area contributed by atoms with Gasteiger partial charge in [0.1, 0.15) is 0 Å². The third-order valence-electron chi connectivity index (χ3n) is 3.41. The van der Waals surface area contributed by atoms with Crippen LogP contribution in [0.4, 0.5) is 5.95 Å². The maximum absolute atomic E-state index is 10.9. The highest BCUT2D eigenvalue weighted by atomic mass is 16.5. The molecule has 0 saturated carbocycles. The third kappa shape index (κ3) is 3.41. The molecule has 6 heteroatoms. The molecule has 0 atom stereocenters. The first-order chi connectivity index (χ1) is 9.08. The van der Waals surface area contributed by atoms with Gasteiger partial charge in [0, 0.05) is 33.0 Å². The summed E-state index contributed by atoms with van der Waals surface area (Å²) in [4.78, 5) is 21.3. The van der Waals surface area contributed by atoms with Crippen molar-refractivity contribution in [3.63, 3.8) is 0 Å². The molecule has 1 aromatic rings. The summed E-state index contributed by atoms with van der Waals surface area (Å²) in [6, 6.07) is 0. The van der Waals surface area contributed by atoms with Crippen LogP contribution in [-0.2, 0) is 4.74 Å². The average molecular weight is 265 g/mol. The zero-order valence-electron chi connectivity index (χ0n) is 11.3. The topological polar surface area (TPSA) is 75.5 Å². The summed E-state index contributed by atoms with van der Waals surface area (Å²) < 4.78 is 5.33. The van der Waals surface area contributed by atoms with Crippen molar-refractivity contribution in [1.82, 2.24) is 9.97 Å².